The monoisotopic (exact) mass is 426 g/mol. The number of thiazole rings is 1. The van der Waals surface area contributed by atoms with Crippen LogP contribution in [0, 0.1) is 6.92 Å². The first-order chi connectivity index (χ1) is 14.1. The van der Waals surface area contributed by atoms with Crippen molar-refractivity contribution in [1.29, 1.82) is 0 Å². The molecule has 1 aliphatic heterocycles. The Kier molecular flexibility index (Phi) is 5.92. The molecule has 6 nitrogen and oxygen atoms in total. The molecule has 0 bridgehead atoms. The Hall–Kier alpha value is -2.71. The van der Waals surface area contributed by atoms with Gasteiger partial charge in [-0.1, -0.05) is 12.1 Å². The Morgan fingerprint density at radius 2 is 1.97 bits per heavy atom. The minimum absolute atomic E-state index is 0.0786. The summed E-state index contributed by atoms with van der Waals surface area (Å²) in [7, 11) is 0. The lowest BCUT2D eigenvalue weighted by molar-refractivity contribution is -0.130. The molecule has 150 valence electrons. The van der Waals surface area contributed by atoms with Crippen molar-refractivity contribution in [2.24, 2.45) is 0 Å². The maximum Gasteiger partial charge on any atom is 0.258 e. The molecule has 8 heteroatoms. The minimum atomic E-state index is -0.175. The van der Waals surface area contributed by atoms with Crippen LogP contribution in [0.5, 0.6) is 0 Å². The Morgan fingerprint density at radius 3 is 2.69 bits per heavy atom. The van der Waals surface area contributed by atoms with Gasteiger partial charge in [0.1, 0.15) is 0 Å². The lowest BCUT2D eigenvalue weighted by atomic mass is 10.2. The SMILES string of the molecule is Cc1cccc(N2CCN(C(=O)Cc3csc(NC(=O)c4ccsc4)n3)CC2)c1. The first-order valence-electron chi connectivity index (χ1n) is 9.46. The number of nitrogens with zero attached hydrogens (tertiary/aromatic N) is 3. The Morgan fingerprint density at radius 1 is 1.14 bits per heavy atom. The summed E-state index contributed by atoms with van der Waals surface area (Å²) in [6.45, 7) is 5.16. The summed E-state index contributed by atoms with van der Waals surface area (Å²) in [4.78, 5) is 33.4. The fourth-order valence-electron chi connectivity index (χ4n) is 3.31. The zero-order valence-electron chi connectivity index (χ0n) is 16.1. The molecule has 1 N–H and O–H groups in total. The highest BCUT2D eigenvalue weighted by atomic mass is 32.1. The molecule has 29 heavy (non-hydrogen) atoms. The zero-order valence-corrected chi connectivity index (χ0v) is 17.8. The normalized spacial score (nSPS) is 14.1. The molecule has 3 aromatic rings. The topological polar surface area (TPSA) is 65.5 Å². The van der Waals surface area contributed by atoms with Crippen molar-refractivity contribution in [3.05, 3.63) is 63.3 Å². The summed E-state index contributed by atoms with van der Waals surface area (Å²) in [5.74, 6) is -0.0966. The van der Waals surface area contributed by atoms with Crippen molar-refractivity contribution in [2.75, 3.05) is 36.4 Å². The van der Waals surface area contributed by atoms with E-state index in [1.807, 2.05) is 15.7 Å². The number of nitrogens with one attached hydrogen (secondary N) is 1. The average Bonchev–Trinajstić information content (AvgIpc) is 3.40. The molecule has 0 radical (unpaired) electrons. The van der Waals surface area contributed by atoms with E-state index in [4.69, 9.17) is 0 Å². The highest BCUT2D eigenvalue weighted by Crippen LogP contribution is 2.20. The highest BCUT2D eigenvalue weighted by Gasteiger charge is 2.22. The summed E-state index contributed by atoms with van der Waals surface area (Å²) in [5, 5.41) is 8.80. The van der Waals surface area contributed by atoms with Crippen molar-refractivity contribution < 1.29 is 9.59 Å². The number of aromatic nitrogens is 1. The third-order valence-electron chi connectivity index (χ3n) is 4.89. The van der Waals surface area contributed by atoms with Crippen LogP contribution in [0.3, 0.4) is 0 Å². The Balaban J connectivity index is 1.29. The first-order valence-corrected chi connectivity index (χ1v) is 11.3. The molecule has 0 saturated carbocycles. The van der Waals surface area contributed by atoms with E-state index in [-0.39, 0.29) is 18.2 Å². The molecule has 2 amide bonds. The minimum Gasteiger partial charge on any atom is -0.368 e. The van der Waals surface area contributed by atoms with Gasteiger partial charge in [0.15, 0.2) is 5.13 Å². The number of aryl methyl sites for hydroxylation is 1. The summed E-state index contributed by atoms with van der Waals surface area (Å²) in [6, 6.07) is 10.2. The Bertz CT molecular complexity index is 992. The number of rotatable bonds is 5. The predicted octanol–water partition coefficient (Wildman–Crippen LogP) is 3.66. The molecular formula is C21H22N4O2S2. The van der Waals surface area contributed by atoms with Crippen LogP contribution in [0.2, 0.25) is 0 Å². The van der Waals surface area contributed by atoms with Crippen molar-refractivity contribution >= 4 is 45.3 Å². The number of carbonyl (C=O) groups is 2. The quantitative estimate of drug-likeness (QED) is 0.676. The lowest BCUT2D eigenvalue weighted by Crippen LogP contribution is -2.49. The van der Waals surface area contributed by atoms with Crippen LogP contribution >= 0.6 is 22.7 Å². The van der Waals surface area contributed by atoms with E-state index in [0.29, 0.717) is 29.5 Å². The van der Waals surface area contributed by atoms with Gasteiger partial charge in [0.2, 0.25) is 5.91 Å². The van der Waals surface area contributed by atoms with Gasteiger partial charge < -0.3 is 9.80 Å². The molecule has 1 saturated heterocycles. The summed E-state index contributed by atoms with van der Waals surface area (Å²) < 4.78 is 0. The van der Waals surface area contributed by atoms with E-state index in [0.717, 1.165) is 13.1 Å². The van der Waals surface area contributed by atoms with Gasteiger partial charge in [0.25, 0.3) is 5.91 Å². The van der Waals surface area contributed by atoms with E-state index in [1.165, 1.54) is 33.9 Å². The van der Waals surface area contributed by atoms with Gasteiger partial charge in [-0.15, -0.1) is 11.3 Å². The third-order valence-corrected chi connectivity index (χ3v) is 6.38. The van der Waals surface area contributed by atoms with Gasteiger partial charge in [-0.25, -0.2) is 4.98 Å². The predicted molar refractivity (Wildman–Crippen MR) is 118 cm³/mol. The van der Waals surface area contributed by atoms with Crippen molar-refractivity contribution in [2.45, 2.75) is 13.3 Å². The fourth-order valence-corrected chi connectivity index (χ4v) is 4.66. The number of hydrogen-bond acceptors (Lipinski definition) is 6. The number of piperazine rings is 1. The van der Waals surface area contributed by atoms with Gasteiger partial charge >= 0.3 is 0 Å². The van der Waals surface area contributed by atoms with Crippen molar-refractivity contribution in [3.8, 4) is 0 Å². The second-order valence-electron chi connectivity index (χ2n) is 6.99. The molecule has 0 unspecified atom stereocenters. The van der Waals surface area contributed by atoms with Crippen LogP contribution in [0.15, 0.2) is 46.5 Å². The summed E-state index contributed by atoms with van der Waals surface area (Å²) in [6.07, 6.45) is 0.259. The molecule has 1 aromatic carbocycles. The van der Waals surface area contributed by atoms with E-state index < -0.39 is 0 Å². The molecule has 3 heterocycles. The van der Waals surface area contributed by atoms with Gasteiger partial charge in [-0.2, -0.15) is 11.3 Å². The molecule has 1 aliphatic rings. The molecule has 0 aliphatic carbocycles. The summed E-state index contributed by atoms with van der Waals surface area (Å²) >= 11 is 2.82. The van der Waals surface area contributed by atoms with Gasteiger partial charge in [0, 0.05) is 42.6 Å². The molecule has 2 aromatic heterocycles. The average molecular weight is 427 g/mol. The number of benzene rings is 1. The largest absolute Gasteiger partial charge is 0.368 e. The highest BCUT2D eigenvalue weighted by molar-refractivity contribution is 7.14. The van der Waals surface area contributed by atoms with Gasteiger partial charge in [-0.05, 0) is 36.1 Å². The second-order valence-corrected chi connectivity index (χ2v) is 8.63. The lowest BCUT2D eigenvalue weighted by Gasteiger charge is -2.36. The maximum absolute atomic E-state index is 12.7. The number of carbonyl (C=O) groups excluding carboxylic acids is 2. The zero-order chi connectivity index (χ0) is 20.2. The van der Waals surface area contributed by atoms with Crippen LogP contribution in [0.4, 0.5) is 10.8 Å². The van der Waals surface area contributed by atoms with Crippen LogP contribution in [-0.2, 0) is 11.2 Å². The number of amides is 2. The fraction of sp³-hybridized carbons (Fsp3) is 0.286. The van der Waals surface area contributed by atoms with Crippen molar-refractivity contribution in [3.63, 3.8) is 0 Å². The second kappa shape index (κ2) is 8.75. The third kappa shape index (κ3) is 4.83. The smallest absolute Gasteiger partial charge is 0.258 e. The van der Waals surface area contributed by atoms with Gasteiger partial charge in [0.05, 0.1) is 17.7 Å². The Labute approximate surface area is 177 Å². The van der Waals surface area contributed by atoms with Crippen LogP contribution in [0.25, 0.3) is 0 Å². The van der Waals surface area contributed by atoms with E-state index in [1.54, 1.807) is 11.4 Å². The number of hydrogen-bond donors (Lipinski definition) is 1. The van der Waals surface area contributed by atoms with Crippen LogP contribution < -0.4 is 10.2 Å². The molecule has 0 spiro atoms. The first kappa shape index (κ1) is 19.6. The van der Waals surface area contributed by atoms with E-state index in [2.05, 4.69) is 46.4 Å². The molecule has 1 fully saturated rings. The van der Waals surface area contributed by atoms with Crippen molar-refractivity contribution in [1.82, 2.24) is 9.88 Å². The molecule has 4 rings (SSSR count). The summed E-state index contributed by atoms with van der Waals surface area (Å²) in [5.41, 5.74) is 3.77. The van der Waals surface area contributed by atoms with Crippen LogP contribution in [-0.4, -0.2) is 47.9 Å². The molecule has 0 atom stereocenters. The van der Waals surface area contributed by atoms with E-state index >= 15 is 0 Å². The number of thiophene rings is 1. The number of anilines is 2. The van der Waals surface area contributed by atoms with E-state index in [9.17, 15) is 9.59 Å². The maximum atomic E-state index is 12.7. The molecular weight excluding hydrogens is 404 g/mol. The van der Waals surface area contributed by atoms with Crippen LogP contribution in [0.1, 0.15) is 21.6 Å². The van der Waals surface area contributed by atoms with Gasteiger partial charge in [-0.3, -0.25) is 14.9 Å². The standard InChI is InChI=1S/C21H22N4O2S2/c1-15-3-2-4-18(11-15)24-6-8-25(9-7-24)19(26)12-17-14-29-21(22-17)23-20(27)16-5-10-28-13-16/h2-5,10-11,13-14H,6-9,12H2,1H3,(H,22,23,27).